The summed E-state index contributed by atoms with van der Waals surface area (Å²) in [5.41, 5.74) is 6.09. The number of amides is 1. The number of nitrogens with zero attached hydrogens (tertiary/aromatic N) is 1. The van der Waals surface area contributed by atoms with Crippen LogP contribution in [0.5, 0.6) is 0 Å². The number of hydrogen-bond donors (Lipinski definition) is 2. The second kappa shape index (κ2) is 5.40. The molecule has 1 aliphatic heterocycles. The van der Waals surface area contributed by atoms with E-state index in [1.807, 2.05) is 4.90 Å². The first-order valence-electron chi connectivity index (χ1n) is 6.85. The van der Waals surface area contributed by atoms with Crippen molar-refractivity contribution in [3.05, 3.63) is 0 Å². The summed E-state index contributed by atoms with van der Waals surface area (Å²) in [7, 11) is 0. The van der Waals surface area contributed by atoms with Crippen LogP contribution in [0.1, 0.15) is 38.5 Å². The van der Waals surface area contributed by atoms with Gasteiger partial charge in [-0.05, 0) is 31.6 Å². The number of likely N-dealkylation sites (tertiary alicyclic amines) is 1. The Labute approximate surface area is 104 Å². The molecule has 96 valence electrons. The van der Waals surface area contributed by atoms with Crippen molar-refractivity contribution in [3.8, 4) is 0 Å². The van der Waals surface area contributed by atoms with E-state index in [4.69, 9.17) is 5.73 Å². The van der Waals surface area contributed by atoms with Gasteiger partial charge in [0, 0.05) is 12.5 Å². The molecule has 0 spiro atoms. The van der Waals surface area contributed by atoms with Crippen molar-refractivity contribution < 1.29 is 9.82 Å². The van der Waals surface area contributed by atoms with Crippen LogP contribution in [0.4, 0.5) is 0 Å². The normalized spacial score (nSPS) is 27.5. The summed E-state index contributed by atoms with van der Waals surface area (Å²) in [6.07, 6.45) is 6.45. The molecule has 3 N–H and O–H groups in total. The smallest absolute Gasteiger partial charge is 0.309 e. The SMILES string of the molecule is CB(O)[C@@H]1CCCN1C(=O)[C@@H](N)C1CCCC1. The van der Waals surface area contributed by atoms with Gasteiger partial charge in [-0.2, -0.15) is 0 Å². The molecule has 2 aliphatic rings. The predicted octanol–water partition coefficient (Wildman–Crippen LogP) is 0.648. The number of carbonyl (C=O) groups excluding carboxylic acids is 1. The lowest BCUT2D eigenvalue weighted by Gasteiger charge is -2.30. The van der Waals surface area contributed by atoms with E-state index in [1.54, 1.807) is 6.82 Å². The number of nitrogens with two attached hydrogens (primary N) is 1. The molecule has 2 fully saturated rings. The Morgan fingerprint density at radius 2 is 2.00 bits per heavy atom. The Morgan fingerprint density at radius 1 is 1.35 bits per heavy atom. The Morgan fingerprint density at radius 3 is 2.59 bits per heavy atom. The summed E-state index contributed by atoms with van der Waals surface area (Å²) in [5, 5.41) is 9.68. The molecule has 17 heavy (non-hydrogen) atoms. The average Bonchev–Trinajstić information content (AvgIpc) is 2.97. The van der Waals surface area contributed by atoms with E-state index in [1.165, 1.54) is 12.8 Å². The van der Waals surface area contributed by atoms with Gasteiger partial charge in [0.15, 0.2) is 0 Å². The molecule has 1 aliphatic carbocycles. The minimum atomic E-state index is -0.447. The predicted molar refractivity (Wildman–Crippen MR) is 68.5 cm³/mol. The van der Waals surface area contributed by atoms with Gasteiger partial charge in [-0.1, -0.05) is 19.7 Å². The van der Waals surface area contributed by atoms with E-state index in [2.05, 4.69) is 0 Å². The monoisotopic (exact) mass is 238 g/mol. The number of hydrogen-bond acceptors (Lipinski definition) is 3. The highest BCUT2D eigenvalue weighted by atomic mass is 16.2. The Bertz CT molecular complexity index is 280. The van der Waals surface area contributed by atoms with E-state index in [0.29, 0.717) is 5.92 Å². The molecule has 0 aromatic carbocycles. The van der Waals surface area contributed by atoms with Gasteiger partial charge in [0.2, 0.25) is 5.91 Å². The van der Waals surface area contributed by atoms with E-state index in [-0.39, 0.29) is 17.9 Å². The van der Waals surface area contributed by atoms with Crippen LogP contribution in [0.15, 0.2) is 0 Å². The lowest BCUT2D eigenvalue weighted by Crippen LogP contribution is -2.52. The molecule has 4 nitrogen and oxygen atoms in total. The molecule has 0 unspecified atom stereocenters. The second-order valence-corrected chi connectivity index (χ2v) is 5.55. The van der Waals surface area contributed by atoms with Crippen LogP contribution in [0, 0.1) is 5.92 Å². The summed E-state index contributed by atoms with van der Waals surface area (Å²) >= 11 is 0. The first kappa shape index (κ1) is 12.9. The fourth-order valence-corrected chi connectivity index (χ4v) is 3.28. The van der Waals surface area contributed by atoms with Gasteiger partial charge in [0.25, 0.3) is 0 Å². The highest BCUT2D eigenvalue weighted by Gasteiger charge is 2.38. The minimum Gasteiger partial charge on any atom is -0.449 e. The maximum absolute atomic E-state index is 12.3. The molecule has 2 atom stereocenters. The van der Waals surface area contributed by atoms with Crippen molar-refractivity contribution in [3.63, 3.8) is 0 Å². The van der Waals surface area contributed by atoms with Crippen molar-refractivity contribution in [2.45, 2.75) is 57.3 Å². The third kappa shape index (κ3) is 2.66. The van der Waals surface area contributed by atoms with Crippen molar-refractivity contribution >= 4 is 12.8 Å². The summed E-state index contributed by atoms with van der Waals surface area (Å²) in [6.45, 7) is 2.07. The molecule has 1 saturated carbocycles. The van der Waals surface area contributed by atoms with Crippen LogP contribution in [-0.4, -0.2) is 41.3 Å². The van der Waals surface area contributed by atoms with Crippen LogP contribution in [0.2, 0.25) is 6.82 Å². The van der Waals surface area contributed by atoms with Crippen LogP contribution in [0.25, 0.3) is 0 Å². The lowest BCUT2D eigenvalue weighted by atomic mass is 9.62. The fraction of sp³-hybridized carbons (Fsp3) is 0.917. The van der Waals surface area contributed by atoms with E-state index in [9.17, 15) is 9.82 Å². The van der Waals surface area contributed by atoms with E-state index in [0.717, 1.165) is 32.2 Å². The number of rotatable bonds is 3. The van der Waals surface area contributed by atoms with Gasteiger partial charge in [-0.15, -0.1) is 0 Å². The summed E-state index contributed by atoms with van der Waals surface area (Å²) in [4.78, 5) is 14.2. The molecular weight excluding hydrogens is 215 g/mol. The van der Waals surface area contributed by atoms with Gasteiger partial charge in [-0.3, -0.25) is 4.79 Å². The maximum Gasteiger partial charge on any atom is 0.309 e. The molecule has 2 rings (SSSR count). The zero-order valence-electron chi connectivity index (χ0n) is 10.6. The van der Waals surface area contributed by atoms with Crippen LogP contribution < -0.4 is 5.73 Å². The number of carbonyl (C=O) groups is 1. The zero-order valence-corrected chi connectivity index (χ0v) is 10.6. The molecule has 0 aromatic heterocycles. The third-order valence-electron chi connectivity index (χ3n) is 4.33. The van der Waals surface area contributed by atoms with Gasteiger partial charge in [0.1, 0.15) is 0 Å². The van der Waals surface area contributed by atoms with Gasteiger partial charge < -0.3 is 15.7 Å². The van der Waals surface area contributed by atoms with Crippen molar-refractivity contribution in [2.24, 2.45) is 11.7 Å². The molecule has 5 heteroatoms. The highest BCUT2D eigenvalue weighted by Crippen LogP contribution is 2.29. The second-order valence-electron chi connectivity index (χ2n) is 5.55. The molecule has 0 aromatic rings. The molecule has 1 heterocycles. The quantitative estimate of drug-likeness (QED) is 0.709. The Hall–Kier alpha value is -0.545. The van der Waals surface area contributed by atoms with Gasteiger partial charge in [0.05, 0.1) is 6.04 Å². The molecule has 1 amide bonds. The Kier molecular flexibility index (Phi) is 4.10. The van der Waals surface area contributed by atoms with Crippen LogP contribution in [0.3, 0.4) is 0 Å². The third-order valence-corrected chi connectivity index (χ3v) is 4.33. The summed E-state index contributed by atoms with van der Waals surface area (Å²) in [5.74, 6) is 0.396. The first-order valence-corrected chi connectivity index (χ1v) is 6.85. The topological polar surface area (TPSA) is 66.6 Å². The van der Waals surface area contributed by atoms with Crippen molar-refractivity contribution in [1.82, 2.24) is 4.90 Å². The van der Waals surface area contributed by atoms with Crippen molar-refractivity contribution in [2.75, 3.05) is 6.54 Å². The highest BCUT2D eigenvalue weighted by molar-refractivity contribution is 6.51. The van der Waals surface area contributed by atoms with Crippen molar-refractivity contribution in [1.29, 1.82) is 0 Å². The van der Waals surface area contributed by atoms with E-state index < -0.39 is 6.92 Å². The fourth-order valence-electron chi connectivity index (χ4n) is 3.28. The Balaban J connectivity index is 1.98. The van der Waals surface area contributed by atoms with Gasteiger partial charge in [-0.25, -0.2) is 0 Å². The molecule has 0 radical (unpaired) electrons. The summed E-state index contributed by atoms with van der Waals surface area (Å²) in [6, 6.07) is -0.350. The average molecular weight is 238 g/mol. The lowest BCUT2D eigenvalue weighted by molar-refractivity contribution is -0.133. The standard InChI is InChI=1S/C12H23BN2O2/c1-13(17)10-7-4-8-15(10)12(16)11(14)9-5-2-3-6-9/h9-11,17H,2-8,14H2,1H3/t10-,11-/m0/s1. The molecular formula is C12H23BN2O2. The maximum atomic E-state index is 12.3. The minimum absolute atomic E-state index is 0.0186. The van der Waals surface area contributed by atoms with Crippen LogP contribution in [-0.2, 0) is 4.79 Å². The van der Waals surface area contributed by atoms with E-state index >= 15 is 0 Å². The first-order chi connectivity index (χ1) is 8.11. The summed E-state index contributed by atoms with van der Waals surface area (Å²) < 4.78 is 0. The van der Waals surface area contributed by atoms with Crippen LogP contribution >= 0.6 is 0 Å². The molecule has 1 saturated heterocycles. The zero-order chi connectivity index (χ0) is 12.4. The largest absolute Gasteiger partial charge is 0.449 e. The molecule has 0 bridgehead atoms. The van der Waals surface area contributed by atoms with Gasteiger partial charge >= 0.3 is 6.92 Å².